The average molecular weight is 195 g/mol. The van der Waals surface area contributed by atoms with Gasteiger partial charge in [0.2, 0.25) is 0 Å². The highest BCUT2D eigenvalue weighted by Crippen LogP contribution is 2.30. The summed E-state index contributed by atoms with van der Waals surface area (Å²) in [4.78, 5) is 1.67. The molecular weight excluding hydrogens is 174 g/mol. The largest absolute Gasteiger partial charge is 0.187 e. The zero-order chi connectivity index (χ0) is 11.1. The van der Waals surface area contributed by atoms with Gasteiger partial charge < -0.3 is 0 Å². The van der Waals surface area contributed by atoms with Crippen LogP contribution in [0.25, 0.3) is 0 Å². The SMILES string of the molecule is Cn1nc(C(C)(C)C)c(C(C)(C)C)n1. The zero-order valence-electron chi connectivity index (χ0n) is 10.3. The van der Waals surface area contributed by atoms with E-state index in [9.17, 15) is 0 Å². The quantitative estimate of drug-likeness (QED) is 0.636. The number of aryl methyl sites for hydroxylation is 1. The molecule has 1 aromatic heterocycles. The molecule has 0 saturated heterocycles. The van der Waals surface area contributed by atoms with Crippen LogP contribution in [0.5, 0.6) is 0 Å². The predicted octanol–water partition coefficient (Wildman–Crippen LogP) is 2.41. The maximum atomic E-state index is 4.45. The highest BCUT2D eigenvalue weighted by atomic mass is 15.5. The van der Waals surface area contributed by atoms with Crippen molar-refractivity contribution in [3.8, 4) is 0 Å². The summed E-state index contributed by atoms with van der Waals surface area (Å²) in [6.07, 6.45) is 0. The Labute approximate surface area is 86.5 Å². The van der Waals surface area contributed by atoms with Crippen molar-refractivity contribution in [2.75, 3.05) is 0 Å². The second-order valence-corrected chi connectivity index (χ2v) is 5.89. The molecule has 0 radical (unpaired) electrons. The van der Waals surface area contributed by atoms with Crippen LogP contribution in [0.1, 0.15) is 52.9 Å². The Balaban J connectivity index is 3.31. The van der Waals surface area contributed by atoms with Crippen LogP contribution >= 0.6 is 0 Å². The summed E-state index contributed by atoms with van der Waals surface area (Å²) < 4.78 is 0. The van der Waals surface area contributed by atoms with Gasteiger partial charge in [0, 0.05) is 17.9 Å². The molecule has 0 aromatic carbocycles. The topological polar surface area (TPSA) is 30.7 Å². The fourth-order valence-electron chi connectivity index (χ4n) is 1.42. The third-order valence-corrected chi connectivity index (χ3v) is 2.13. The molecule has 0 spiro atoms. The van der Waals surface area contributed by atoms with Gasteiger partial charge in [-0.2, -0.15) is 15.0 Å². The molecule has 0 aliphatic heterocycles. The molecule has 0 N–H and O–H groups in total. The summed E-state index contributed by atoms with van der Waals surface area (Å²) in [6.45, 7) is 13.0. The number of aromatic nitrogens is 3. The second-order valence-electron chi connectivity index (χ2n) is 5.89. The first-order valence-electron chi connectivity index (χ1n) is 5.04. The van der Waals surface area contributed by atoms with Gasteiger partial charge in [-0.05, 0) is 0 Å². The number of rotatable bonds is 0. The molecule has 1 heterocycles. The van der Waals surface area contributed by atoms with Crippen LogP contribution in [-0.4, -0.2) is 15.0 Å². The Kier molecular flexibility index (Phi) is 2.46. The van der Waals surface area contributed by atoms with Crippen molar-refractivity contribution < 1.29 is 0 Å². The molecule has 0 bridgehead atoms. The lowest BCUT2D eigenvalue weighted by atomic mass is 9.82. The van der Waals surface area contributed by atoms with E-state index in [0.29, 0.717) is 0 Å². The molecular formula is C11H21N3. The smallest absolute Gasteiger partial charge is 0.0917 e. The van der Waals surface area contributed by atoms with Crippen LogP contribution < -0.4 is 0 Å². The van der Waals surface area contributed by atoms with Gasteiger partial charge in [0.15, 0.2) is 0 Å². The Morgan fingerprint density at radius 1 is 0.786 bits per heavy atom. The van der Waals surface area contributed by atoms with Crippen LogP contribution in [0.2, 0.25) is 0 Å². The normalized spacial score (nSPS) is 13.4. The van der Waals surface area contributed by atoms with Crippen molar-refractivity contribution >= 4 is 0 Å². The van der Waals surface area contributed by atoms with Gasteiger partial charge in [0.05, 0.1) is 11.4 Å². The first-order valence-corrected chi connectivity index (χ1v) is 5.04. The van der Waals surface area contributed by atoms with E-state index in [0.717, 1.165) is 11.4 Å². The van der Waals surface area contributed by atoms with Crippen molar-refractivity contribution in [3.63, 3.8) is 0 Å². The highest BCUT2D eigenvalue weighted by molar-refractivity contribution is 5.24. The summed E-state index contributed by atoms with van der Waals surface area (Å²) >= 11 is 0. The Hall–Kier alpha value is -0.860. The van der Waals surface area contributed by atoms with E-state index in [1.54, 1.807) is 4.80 Å². The lowest BCUT2D eigenvalue weighted by Gasteiger charge is -2.22. The van der Waals surface area contributed by atoms with Crippen molar-refractivity contribution in [1.29, 1.82) is 0 Å². The zero-order valence-corrected chi connectivity index (χ0v) is 10.3. The Morgan fingerprint density at radius 3 is 1.29 bits per heavy atom. The van der Waals surface area contributed by atoms with E-state index in [2.05, 4.69) is 51.7 Å². The Bertz CT molecular complexity index is 292. The first kappa shape index (κ1) is 11.2. The van der Waals surface area contributed by atoms with Crippen molar-refractivity contribution in [2.24, 2.45) is 7.05 Å². The van der Waals surface area contributed by atoms with E-state index in [1.807, 2.05) is 7.05 Å². The maximum Gasteiger partial charge on any atom is 0.0917 e. The van der Waals surface area contributed by atoms with Crippen molar-refractivity contribution in [1.82, 2.24) is 15.0 Å². The van der Waals surface area contributed by atoms with Crippen LogP contribution in [-0.2, 0) is 17.9 Å². The predicted molar refractivity (Wildman–Crippen MR) is 58.4 cm³/mol. The maximum absolute atomic E-state index is 4.45. The van der Waals surface area contributed by atoms with Gasteiger partial charge in [-0.15, -0.1) is 0 Å². The van der Waals surface area contributed by atoms with Crippen molar-refractivity contribution in [3.05, 3.63) is 11.4 Å². The standard InChI is InChI=1S/C11H21N3/c1-10(2,3)8-9(11(4,5)6)13-14(7)12-8/h1-7H3. The molecule has 3 nitrogen and oxygen atoms in total. The number of nitrogens with zero attached hydrogens (tertiary/aromatic N) is 3. The van der Waals surface area contributed by atoms with E-state index >= 15 is 0 Å². The summed E-state index contributed by atoms with van der Waals surface area (Å²) in [5.74, 6) is 0. The second kappa shape index (κ2) is 3.07. The van der Waals surface area contributed by atoms with Crippen LogP contribution in [0, 0.1) is 0 Å². The summed E-state index contributed by atoms with van der Waals surface area (Å²) in [6, 6.07) is 0. The van der Waals surface area contributed by atoms with Gasteiger partial charge in [0.25, 0.3) is 0 Å². The minimum Gasteiger partial charge on any atom is -0.187 e. The van der Waals surface area contributed by atoms with Crippen LogP contribution in [0.3, 0.4) is 0 Å². The van der Waals surface area contributed by atoms with E-state index in [4.69, 9.17) is 0 Å². The van der Waals surface area contributed by atoms with Gasteiger partial charge in [0.1, 0.15) is 0 Å². The van der Waals surface area contributed by atoms with Crippen LogP contribution in [0.4, 0.5) is 0 Å². The average Bonchev–Trinajstić information content (AvgIpc) is 2.27. The van der Waals surface area contributed by atoms with E-state index in [-0.39, 0.29) is 10.8 Å². The van der Waals surface area contributed by atoms with E-state index in [1.165, 1.54) is 0 Å². The van der Waals surface area contributed by atoms with Gasteiger partial charge in [-0.25, -0.2) is 0 Å². The molecule has 0 saturated carbocycles. The van der Waals surface area contributed by atoms with Gasteiger partial charge in [-0.3, -0.25) is 0 Å². The fourth-order valence-corrected chi connectivity index (χ4v) is 1.42. The molecule has 1 rings (SSSR count). The molecule has 1 aromatic rings. The molecule has 0 amide bonds. The molecule has 14 heavy (non-hydrogen) atoms. The molecule has 0 unspecified atom stereocenters. The molecule has 0 aliphatic carbocycles. The number of hydrogen-bond donors (Lipinski definition) is 0. The van der Waals surface area contributed by atoms with Crippen molar-refractivity contribution in [2.45, 2.75) is 52.4 Å². The lowest BCUT2D eigenvalue weighted by Crippen LogP contribution is -2.21. The molecule has 80 valence electrons. The minimum absolute atomic E-state index is 0.0663. The minimum atomic E-state index is 0.0663. The number of hydrogen-bond acceptors (Lipinski definition) is 2. The highest BCUT2D eigenvalue weighted by Gasteiger charge is 2.29. The Morgan fingerprint density at radius 2 is 1.07 bits per heavy atom. The summed E-state index contributed by atoms with van der Waals surface area (Å²) in [5.41, 5.74) is 2.34. The summed E-state index contributed by atoms with van der Waals surface area (Å²) in [5, 5.41) is 8.91. The third kappa shape index (κ3) is 2.14. The fraction of sp³-hybridized carbons (Fsp3) is 0.818. The molecule has 3 heteroatoms. The molecule has 0 aliphatic rings. The lowest BCUT2D eigenvalue weighted by molar-refractivity contribution is 0.512. The summed E-state index contributed by atoms with van der Waals surface area (Å²) in [7, 11) is 1.88. The van der Waals surface area contributed by atoms with E-state index < -0.39 is 0 Å². The van der Waals surface area contributed by atoms with Crippen LogP contribution in [0.15, 0.2) is 0 Å². The first-order chi connectivity index (χ1) is 6.12. The van der Waals surface area contributed by atoms with Gasteiger partial charge >= 0.3 is 0 Å². The molecule has 0 atom stereocenters. The molecule has 0 fully saturated rings. The monoisotopic (exact) mass is 195 g/mol. The van der Waals surface area contributed by atoms with Gasteiger partial charge in [-0.1, -0.05) is 41.5 Å². The third-order valence-electron chi connectivity index (χ3n) is 2.13.